The molecule has 1 aromatic carbocycles. The number of carbonyl (C=O) groups is 2. The van der Waals surface area contributed by atoms with E-state index in [1.165, 1.54) is 0 Å². The number of benzene rings is 1. The molecular weight excluding hydrogens is 394 g/mol. The van der Waals surface area contributed by atoms with Crippen LogP contribution in [0.3, 0.4) is 0 Å². The average Bonchev–Trinajstić information content (AvgIpc) is 2.80. The third-order valence-electron chi connectivity index (χ3n) is 5.29. The van der Waals surface area contributed by atoms with Crippen LogP contribution in [0, 0.1) is 11.8 Å². The Morgan fingerprint density at radius 3 is 2.52 bits per heavy atom. The zero-order valence-electron chi connectivity index (χ0n) is 18.8. The number of piperazine rings is 1. The molecule has 31 heavy (non-hydrogen) atoms. The molecule has 7 nitrogen and oxygen atoms in total. The van der Waals surface area contributed by atoms with Gasteiger partial charge in [-0.05, 0) is 24.5 Å². The van der Waals surface area contributed by atoms with Gasteiger partial charge in [0.15, 0.2) is 5.78 Å². The summed E-state index contributed by atoms with van der Waals surface area (Å²) in [6.45, 7) is 8.62. The SMILES string of the molecule is CCCC(=O)c1cccc(C#CCOCCOCC(=O)N2CCN(CN)CC2)c1CC. The predicted octanol–water partition coefficient (Wildman–Crippen LogP) is 1.68. The fourth-order valence-electron chi connectivity index (χ4n) is 3.51. The first-order valence-corrected chi connectivity index (χ1v) is 11.1. The highest BCUT2D eigenvalue weighted by Gasteiger charge is 2.20. The van der Waals surface area contributed by atoms with Crippen LogP contribution in [0.25, 0.3) is 0 Å². The molecule has 1 aliphatic rings. The lowest BCUT2D eigenvalue weighted by Crippen LogP contribution is -2.51. The van der Waals surface area contributed by atoms with E-state index in [2.05, 4.69) is 16.7 Å². The second-order valence-electron chi connectivity index (χ2n) is 7.45. The van der Waals surface area contributed by atoms with Gasteiger partial charge in [-0.25, -0.2) is 0 Å². The van der Waals surface area contributed by atoms with E-state index in [4.69, 9.17) is 15.2 Å². The van der Waals surface area contributed by atoms with Crippen LogP contribution in [0.4, 0.5) is 0 Å². The van der Waals surface area contributed by atoms with Gasteiger partial charge in [0.05, 0.1) is 13.2 Å². The van der Waals surface area contributed by atoms with Crippen molar-refractivity contribution >= 4 is 11.7 Å². The normalized spacial score (nSPS) is 14.2. The van der Waals surface area contributed by atoms with Gasteiger partial charge in [-0.3, -0.25) is 14.5 Å². The minimum atomic E-state index is 0.000982. The molecule has 1 aromatic rings. The maximum atomic E-state index is 12.3. The Kier molecular flexibility index (Phi) is 11.3. The van der Waals surface area contributed by atoms with Crippen LogP contribution in [-0.2, 0) is 20.7 Å². The molecule has 2 rings (SSSR count). The summed E-state index contributed by atoms with van der Waals surface area (Å²) in [4.78, 5) is 28.4. The minimum Gasteiger partial charge on any atom is -0.369 e. The smallest absolute Gasteiger partial charge is 0.248 e. The molecule has 7 heteroatoms. The number of nitrogens with two attached hydrogens (primary N) is 1. The Bertz CT molecular complexity index is 777. The molecular formula is C24H35N3O4. The summed E-state index contributed by atoms with van der Waals surface area (Å²) >= 11 is 0. The van der Waals surface area contributed by atoms with E-state index in [0.717, 1.165) is 42.6 Å². The summed E-state index contributed by atoms with van der Waals surface area (Å²) in [7, 11) is 0. The number of ether oxygens (including phenoxy) is 2. The molecule has 0 unspecified atom stereocenters. The molecule has 0 aliphatic carbocycles. The van der Waals surface area contributed by atoms with Crippen molar-refractivity contribution < 1.29 is 19.1 Å². The molecule has 1 fully saturated rings. The van der Waals surface area contributed by atoms with Gasteiger partial charge in [-0.2, -0.15) is 0 Å². The Morgan fingerprint density at radius 1 is 1.10 bits per heavy atom. The molecule has 0 atom stereocenters. The molecule has 170 valence electrons. The highest BCUT2D eigenvalue weighted by Crippen LogP contribution is 2.17. The molecule has 0 radical (unpaired) electrons. The maximum Gasteiger partial charge on any atom is 0.248 e. The first kappa shape index (κ1) is 25.0. The van der Waals surface area contributed by atoms with Gasteiger partial charge in [0.25, 0.3) is 0 Å². The lowest BCUT2D eigenvalue weighted by Gasteiger charge is -2.33. The number of Topliss-reactive ketones (excluding diaryl/α,β-unsaturated/α-hetero) is 1. The Hall–Kier alpha value is -2.24. The largest absolute Gasteiger partial charge is 0.369 e. The Morgan fingerprint density at radius 2 is 1.84 bits per heavy atom. The predicted molar refractivity (Wildman–Crippen MR) is 121 cm³/mol. The lowest BCUT2D eigenvalue weighted by atomic mass is 9.94. The van der Waals surface area contributed by atoms with Crippen LogP contribution in [0.15, 0.2) is 18.2 Å². The standard InChI is InChI=1S/C24H35N3O4/c1-3-7-23(28)22-10-5-8-20(21(22)4-2)9-6-15-30-16-17-31-18-24(29)27-13-11-26(19-25)12-14-27/h5,8,10H,3-4,7,11-19,25H2,1-2H3. The quantitative estimate of drug-likeness (QED) is 0.327. The molecule has 1 saturated heterocycles. The molecule has 1 aliphatic heterocycles. The van der Waals surface area contributed by atoms with E-state index in [1.807, 2.05) is 36.9 Å². The van der Waals surface area contributed by atoms with Crippen LogP contribution in [-0.4, -0.2) is 80.8 Å². The summed E-state index contributed by atoms with van der Waals surface area (Å²) in [5, 5.41) is 0. The summed E-state index contributed by atoms with van der Waals surface area (Å²) in [6.07, 6.45) is 2.16. The molecule has 0 saturated carbocycles. The lowest BCUT2D eigenvalue weighted by molar-refractivity contribution is -0.138. The number of hydrogen-bond donors (Lipinski definition) is 1. The monoisotopic (exact) mass is 429 g/mol. The van der Waals surface area contributed by atoms with Crippen LogP contribution in [0.1, 0.15) is 48.2 Å². The second kappa shape index (κ2) is 13.9. The van der Waals surface area contributed by atoms with Crippen molar-refractivity contribution in [2.24, 2.45) is 5.73 Å². The van der Waals surface area contributed by atoms with Gasteiger partial charge < -0.3 is 20.1 Å². The zero-order chi connectivity index (χ0) is 22.5. The van der Waals surface area contributed by atoms with Crippen LogP contribution in [0.5, 0.6) is 0 Å². The highest BCUT2D eigenvalue weighted by molar-refractivity contribution is 5.98. The first-order valence-electron chi connectivity index (χ1n) is 11.1. The maximum absolute atomic E-state index is 12.3. The van der Waals surface area contributed by atoms with E-state index < -0.39 is 0 Å². The van der Waals surface area contributed by atoms with E-state index in [1.54, 1.807) is 0 Å². The van der Waals surface area contributed by atoms with Gasteiger partial charge in [0.2, 0.25) is 5.91 Å². The number of rotatable bonds is 11. The van der Waals surface area contributed by atoms with Crippen LogP contribution < -0.4 is 5.73 Å². The molecule has 0 spiro atoms. The fraction of sp³-hybridized carbons (Fsp3) is 0.583. The molecule has 1 amide bonds. The zero-order valence-corrected chi connectivity index (χ0v) is 18.8. The van der Waals surface area contributed by atoms with Crippen LogP contribution in [0.2, 0.25) is 0 Å². The fourth-order valence-corrected chi connectivity index (χ4v) is 3.51. The van der Waals surface area contributed by atoms with E-state index in [-0.39, 0.29) is 24.9 Å². The number of nitrogens with zero attached hydrogens (tertiary/aromatic N) is 2. The molecule has 1 heterocycles. The average molecular weight is 430 g/mol. The van der Waals surface area contributed by atoms with Gasteiger partial charge in [-0.1, -0.05) is 37.8 Å². The first-order chi connectivity index (χ1) is 15.1. The van der Waals surface area contributed by atoms with Crippen molar-refractivity contribution in [2.45, 2.75) is 33.1 Å². The minimum absolute atomic E-state index is 0.000982. The van der Waals surface area contributed by atoms with E-state index in [9.17, 15) is 9.59 Å². The summed E-state index contributed by atoms with van der Waals surface area (Å²) in [5.41, 5.74) is 8.27. The number of amides is 1. The topological polar surface area (TPSA) is 85.1 Å². The highest BCUT2D eigenvalue weighted by atomic mass is 16.5. The van der Waals surface area contributed by atoms with Gasteiger partial charge in [0.1, 0.15) is 13.2 Å². The van der Waals surface area contributed by atoms with Crippen LogP contribution >= 0.6 is 0 Å². The third kappa shape index (κ3) is 8.08. The summed E-state index contributed by atoms with van der Waals surface area (Å²) < 4.78 is 10.9. The number of hydrogen-bond acceptors (Lipinski definition) is 6. The van der Waals surface area contributed by atoms with Crippen molar-refractivity contribution in [2.75, 3.05) is 59.3 Å². The van der Waals surface area contributed by atoms with E-state index >= 15 is 0 Å². The van der Waals surface area contributed by atoms with Gasteiger partial charge in [0, 0.05) is 50.4 Å². The second-order valence-corrected chi connectivity index (χ2v) is 7.45. The Labute approximate surface area is 185 Å². The van der Waals surface area contributed by atoms with Gasteiger partial charge >= 0.3 is 0 Å². The molecule has 0 bridgehead atoms. The Balaban J connectivity index is 1.68. The number of ketones is 1. The molecule has 2 N–H and O–H groups in total. The van der Waals surface area contributed by atoms with E-state index in [0.29, 0.717) is 39.4 Å². The van der Waals surface area contributed by atoms with Crippen molar-refractivity contribution in [3.05, 3.63) is 34.9 Å². The van der Waals surface area contributed by atoms with Crippen molar-refractivity contribution in [3.63, 3.8) is 0 Å². The van der Waals surface area contributed by atoms with Crippen molar-refractivity contribution in [1.82, 2.24) is 9.80 Å². The third-order valence-corrected chi connectivity index (χ3v) is 5.29. The van der Waals surface area contributed by atoms with Crippen molar-refractivity contribution in [1.29, 1.82) is 0 Å². The van der Waals surface area contributed by atoms with Crippen molar-refractivity contribution in [3.8, 4) is 11.8 Å². The summed E-state index contributed by atoms with van der Waals surface area (Å²) in [5.74, 6) is 6.30. The van der Waals surface area contributed by atoms with Gasteiger partial charge in [-0.15, -0.1) is 0 Å². The molecule has 0 aromatic heterocycles. The summed E-state index contributed by atoms with van der Waals surface area (Å²) in [6, 6.07) is 5.71. The number of carbonyl (C=O) groups excluding carboxylic acids is 2.